The van der Waals surface area contributed by atoms with Gasteiger partial charge in [-0.15, -0.1) is 11.3 Å². The largest absolute Gasteiger partial charge is 0.503 e. The van der Waals surface area contributed by atoms with Gasteiger partial charge < -0.3 is 9.84 Å². The fourth-order valence-corrected chi connectivity index (χ4v) is 3.61. The molecule has 0 aliphatic carbocycles. The number of carboxylic acid groups (broad SMARTS) is 1. The molecule has 3 nitrogen and oxygen atoms in total. The Morgan fingerprint density at radius 1 is 1.00 bits per heavy atom. The van der Waals surface area contributed by atoms with Gasteiger partial charge in [-0.05, 0) is 33.5 Å². The maximum Gasteiger partial charge on any atom is 0.339 e. The average molecular weight is 362 g/mol. The molecule has 130 valence electrons. The van der Waals surface area contributed by atoms with Crippen molar-refractivity contribution in [2.75, 3.05) is 7.11 Å². The molecule has 3 rings (SSSR count). The van der Waals surface area contributed by atoms with Crippen LogP contribution in [-0.4, -0.2) is 18.2 Å². The minimum absolute atomic E-state index is 0.126. The molecule has 0 saturated carbocycles. The lowest BCUT2D eigenvalue weighted by Gasteiger charge is -2.06. The molecule has 0 saturated heterocycles. The van der Waals surface area contributed by atoms with Crippen LogP contribution < -0.4 is 0 Å². The Morgan fingerprint density at radius 2 is 1.69 bits per heavy atom. The van der Waals surface area contributed by atoms with E-state index in [1.165, 1.54) is 29.0 Å². The quantitative estimate of drug-likeness (QED) is 0.347. The van der Waals surface area contributed by atoms with E-state index in [4.69, 9.17) is 4.74 Å². The van der Waals surface area contributed by atoms with Crippen LogP contribution in [0.3, 0.4) is 0 Å². The fourth-order valence-electron chi connectivity index (χ4n) is 2.68. The van der Waals surface area contributed by atoms with E-state index in [-0.39, 0.29) is 5.57 Å². The van der Waals surface area contributed by atoms with E-state index in [0.717, 1.165) is 5.56 Å². The van der Waals surface area contributed by atoms with Gasteiger partial charge in [-0.25, -0.2) is 4.79 Å². The highest BCUT2D eigenvalue weighted by Crippen LogP contribution is 2.26. The predicted molar refractivity (Wildman–Crippen MR) is 109 cm³/mol. The van der Waals surface area contributed by atoms with E-state index in [1.807, 2.05) is 48.6 Å². The smallest absolute Gasteiger partial charge is 0.339 e. The number of benzene rings is 2. The third-order valence-corrected chi connectivity index (χ3v) is 4.87. The Labute approximate surface area is 156 Å². The number of methoxy groups -OCH3 is 1. The van der Waals surface area contributed by atoms with Crippen LogP contribution in [0.1, 0.15) is 16.7 Å². The molecule has 0 fully saturated rings. The predicted octanol–water partition coefficient (Wildman–Crippen LogP) is 5.70. The molecular weight excluding hydrogens is 344 g/mol. The number of allylic oxidation sites excluding steroid dienone is 2. The molecule has 2 aromatic carbocycles. The molecule has 1 heterocycles. The lowest BCUT2D eigenvalue weighted by atomic mass is 10.00. The van der Waals surface area contributed by atoms with E-state index in [0.29, 0.717) is 5.56 Å². The molecule has 0 radical (unpaired) electrons. The number of carboxylic acids is 1. The van der Waals surface area contributed by atoms with Gasteiger partial charge in [0, 0.05) is 4.70 Å². The second kappa shape index (κ2) is 8.32. The van der Waals surface area contributed by atoms with Gasteiger partial charge in [-0.1, -0.05) is 66.8 Å². The maximum absolute atomic E-state index is 11.5. The molecule has 0 spiro atoms. The van der Waals surface area contributed by atoms with Crippen molar-refractivity contribution >= 4 is 45.1 Å². The molecule has 0 unspecified atom stereocenters. The summed E-state index contributed by atoms with van der Waals surface area (Å²) in [5.74, 6) is -1.02. The number of thiophene rings is 1. The molecule has 0 bridgehead atoms. The molecule has 3 aromatic rings. The van der Waals surface area contributed by atoms with Crippen LogP contribution >= 0.6 is 11.3 Å². The second-order valence-corrected chi connectivity index (χ2v) is 6.48. The lowest BCUT2D eigenvalue weighted by Crippen LogP contribution is -2.02. The zero-order valence-corrected chi connectivity index (χ0v) is 15.1. The van der Waals surface area contributed by atoms with E-state index in [2.05, 4.69) is 23.6 Å². The number of ether oxygens (including phenoxy) is 1. The normalized spacial score (nSPS) is 12.3. The summed E-state index contributed by atoms with van der Waals surface area (Å²) < 4.78 is 6.17. The molecule has 0 aliphatic heterocycles. The SMILES string of the molecule is CO/C=C(/C(=O)O)c1ccccc1/C=C/C=C/c1csc2ccccc12. The molecule has 0 atom stereocenters. The van der Waals surface area contributed by atoms with Crippen LogP contribution in [0.25, 0.3) is 27.8 Å². The van der Waals surface area contributed by atoms with Crippen molar-refractivity contribution in [2.24, 2.45) is 0 Å². The standard InChI is InChI=1S/C22H18O3S/c1-25-14-20(22(23)24)18-11-5-4-9-16(18)8-2-3-10-17-15-26-21-13-7-6-12-19(17)21/h2-15H,1H3,(H,23,24)/b8-2+,10-3+,20-14+. The Balaban J connectivity index is 1.85. The van der Waals surface area contributed by atoms with Crippen LogP contribution in [0.2, 0.25) is 0 Å². The first kappa shape index (κ1) is 17.7. The van der Waals surface area contributed by atoms with Crippen molar-refractivity contribution in [1.82, 2.24) is 0 Å². The molecule has 0 aliphatic rings. The van der Waals surface area contributed by atoms with E-state index < -0.39 is 5.97 Å². The van der Waals surface area contributed by atoms with Gasteiger partial charge in [-0.3, -0.25) is 0 Å². The Bertz CT molecular complexity index is 1010. The molecule has 1 aromatic heterocycles. The average Bonchev–Trinajstić information content (AvgIpc) is 3.07. The van der Waals surface area contributed by atoms with Crippen molar-refractivity contribution in [1.29, 1.82) is 0 Å². The van der Waals surface area contributed by atoms with Gasteiger partial charge in [0.05, 0.1) is 13.4 Å². The van der Waals surface area contributed by atoms with Crippen LogP contribution in [0.15, 0.2) is 72.3 Å². The summed E-state index contributed by atoms with van der Waals surface area (Å²) in [5.41, 5.74) is 2.74. The Hall–Kier alpha value is -3.11. The first-order chi connectivity index (χ1) is 12.7. The fraction of sp³-hybridized carbons (Fsp3) is 0.0455. The second-order valence-electron chi connectivity index (χ2n) is 5.57. The van der Waals surface area contributed by atoms with E-state index >= 15 is 0 Å². The zero-order valence-electron chi connectivity index (χ0n) is 14.3. The van der Waals surface area contributed by atoms with Crippen LogP contribution in [0, 0.1) is 0 Å². The van der Waals surface area contributed by atoms with Crippen molar-refractivity contribution in [3.8, 4) is 0 Å². The Kier molecular flexibility index (Phi) is 5.66. The summed E-state index contributed by atoms with van der Waals surface area (Å²) in [4.78, 5) is 11.5. The summed E-state index contributed by atoms with van der Waals surface area (Å²) in [7, 11) is 1.44. The first-order valence-corrected chi connectivity index (χ1v) is 8.95. The van der Waals surface area contributed by atoms with Crippen molar-refractivity contribution in [2.45, 2.75) is 0 Å². The van der Waals surface area contributed by atoms with Gasteiger partial charge in [0.15, 0.2) is 0 Å². The van der Waals surface area contributed by atoms with Gasteiger partial charge in [0.2, 0.25) is 0 Å². The third-order valence-electron chi connectivity index (χ3n) is 3.89. The van der Waals surface area contributed by atoms with Crippen LogP contribution in [0.4, 0.5) is 0 Å². The van der Waals surface area contributed by atoms with Gasteiger partial charge in [-0.2, -0.15) is 0 Å². The molecular formula is C22H18O3S. The summed E-state index contributed by atoms with van der Waals surface area (Å²) in [6, 6.07) is 15.6. The van der Waals surface area contributed by atoms with E-state index in [9.17, 15) is 9.90 Å². The molecule has 0 amide bonds. The molecule has 4 heteroatoms. The highest BCUT2D eigenvalue weighted by atomic mass is 32.1. The number of carbonyl (C=O) groups is 1. The molecule has 26 heavy (non-hydrogen) atoms. The monoisotopic (exact) mass is 362 g/mol. The summed E-state index contributed by atoms with van der Waals surface area (Å²) in [5, 5.41) is 12.8. The van der Waals surface area contributed by atoms with Gasteiger partial charge >= 0.3 is 5.97 Å². The highest BCUT2D eigenvalue weighted by Gasteiger charge is 2.13. The lowest BCUT2D eigenvalue weighted by molar-refractivity contribution is -0.130. The van der Waals surface area contributed by atoms with Crippen molar-refractivity contribution in [3.63, 3.8) is 0 Å². The topological polar surface area (TPSA) is 46.5 Å². The van der Waals surface area contributed by atoms with Crippen molar-refractivity contribution < 1.29 is 14.6 Å². The van der Waals surface area contributed by atoms with Gasteiger partial charge in [0.1, 0.15) is 5.57 Å². The van der Waals surface area contributed by atoms with Crippen LogP contribution in [0.5, 0.6) is 0 Å². The number of rotatable bonds is 6. The summed E-state index contributed by atoms with van der Waals surface area (Å²) >= 11 is 1.72. The molecule has 1 N–H and O–H groups in total. The summed E-state index contributed by atoms with van der Waals surface area (Å²) in [6.07, 6.45) is 9.08. The minimum Gasteiger partial charge on any atom is -0.503 e. The van der Waals surface area contributed by atoms with Crippen LogP contribution in [-0.2, 0) is 9.53 Å². The minimum atomic E-state index is -1.02. The Morgan fingerprint density at radius 3 is 2.46 bits per heavy atom. The first-order valence-electron chi connectivity index (χ1n) is 8.07. The number of hydrogen-bond acceptors (Lipinski definition) is 3. The van der Waals surface area contributed by atoms with Crippen molar-refractivity contribution in [3.05, 3.63) is 89.0 Å². The maximum atomic E-state index is 11.5. The van der Waals surface area contributed by atoms with Gasteiger partial charge in [0.25, 0.3) is 0 Å². The summed E-state index contributed by atoms with van der Waals surface area (Å²) in [6.45, 7) is 0. The number of aliphatic carboxylic acids is 1. The highest BCUT2D eigenvalue weighted by molar-refractivity contribution is 7.17. The van der Waals surface area contributed by atoms with E-state index in [1.54, 1.807) is 17.4 Å². The number of hydrogen-bond donors (Lipinski definition) is 1. The third kappa shape index (κ3) is 3.92. The zero-order chi connectivity index (χ0) is 18.4. The number of fused-ring (bicyclic) bond motifs is 1.